The first-order chi connectivity index (χ1) is 11.0. The molecule has 2 aromatic carbocycles. The van der Waals surface area contributed by atoms with Crippen molar-refractivity contribution in [3.63, 3.8) is 0 Å². The average Bonchev–Trinajstić information content (AvgIpc) is 2.56. The number of aromatic hydroxyl groups is 1. The molecule has 0 fully saturated rings. The van der Waals surface area contributed by atoms with Crippen LogP contribution in [0.2, 0.25) is 0 Å². The standard InChI is InChI=1S/C18H20N2O3/c1-12(2)14-5-7-15(8-6-14)18(22)20-19-11-13-4-9-16(21)17(10-13)23-3/h4-12,21H,1-3H3,(H,20,22)/b19-11+. The molecule has 0 spiro atoms. The highest BCUT2D eigenvalue weighted by molar-refractivity contribution is 5.94. The lowest BCUT2D eigenvalue weighted by atomic mass is 10.0. The number of hydrogen-bond acceptors (Lipinski definition) is 4. The second kappa shape index (κ2) is 7.45. The number of rotatable bonds is 5. The Bertz CT molecular complexity index is 707. The number of methoxy groups -OCH3 is 1. The molecule has 0 aromatic heterocycles. The number of hydrogen-bond donors (Lipinski definition) is 2. The van der Waals surface area contributed by atoms with E-state index in [4.69, 9.17) is 4.74 Å². The van der Waals surface area contributed by atoms with Gasteiger partial charge in [-0.1, -0.05) is 26.0 Å². The summed E-state index contributed by atoms with van der Waals surface area (Å²) < 4.78 is 5.01. The van der Waals surface area contributed by atoms with Gasteiger partial charge in [0.05, 0.1) is 13.3 Å². The summed E-state index contributed by atoms with van der Waals surface area (Å²) in [6.45, 7) is 4.20. The predicted molar refractivity (Wildman–Crippen MR) is 90.3 cm³/mol. The van der Waals surface area contributed by atoms with Crippen LogP contribution in [0.25, 0.3) is 0 Å². The van der Waals surface area contributed by atoms with Crippen molar-refractivity contribution in [2.75, 3.05) is 7.11 Å². The third-order valence-electron chi connectivity index (χ3n) is 3.42. The Balaban J connectivity index is 2.00. The van der Waals surface area contributed by atoms with Crippen LogP contribution in [0.15, 0.2) is 47.6 Å². The number of benzene rings is 2. The molecule has 0 radical (unpaired) electrons. The van der Waals surface area contributed by atoms with Gasteiger partial charge in [-0.2, -0.15) is 5.10 Å². The van der Waals surface area contributed by atoms with Crippen molar-refractivity contribution in [2.45, 2.75) is 19.8 Å². The molecule has 2 rings (SSSR count). The van der Waals surface area contributed by atoms with E-state index in [1.54, 1.807) is 24.3 Å². The summed E-state index contributed by atoms with van der Waals surface area (Å²) in [5, 5.41) is 13.4. The molecule has 120 valence electrons. The minimum absolute atomic E-state index is 0.0546. The lowest BCUT2D eigenvalue weighted by molar-refractivity contribution is 0.0955. The number of nitrogens with zero attached hydrogens (tertiary/aromatic N) is 1. The van der Waals surface area contributed by atoms with Gasteiger partial charge in [-0.25, -0.2) is 5.43 Å². The van der Waals surface area contributed by atoms with Gasteiger partial charge in [-0.05, 0) is 47.4 Å². The van der Waals surface area contributed by atoms with Crippen LogP contribution in [-0.4, -0.2) is 24.3 Å². The van der Waals surface area contributed by atoms with Crippen LogP contribution in [0, 0.1) is 0 Å². The van der Waals surface area contributed by atoms with Gasteiger partial charge < -0.3 is 9.84 Å². The molecule has 0 aliphatic rings. The maximum absolute atomic E-state index is 12.0. The summed E-state index contributed by atoms with van der Waals surface area (Å²) in [7, 11) is 1.47. The fourth-order valence-electron chi connectivity index (χ4n) is 2.02. The van der Waals surface area contributed by atoms with Gasteiger partial charge in [0.25, 0.3) is 5.91 Å². The summed E-state index contributed by atoms with van der Waals surface area (Å²) >= 11 is 0. The number of phenols is 1. The second-order valence-electron chi connectivity index (χ2n) is 5.41. The van der Waals surface area contributed by atoms with Gasteiger partial charge in [0, 0.05) is 5.56 Å². The number of hydrazone groups is 1. The second-order valence-corrected chi connectivity index (χ2v) is 5.41. The molecular weight excluding hydrogens is 292 g/mol. The SMILES string of the molecule is COc1cc(/C=N/NC(=O)c2ccc(C(C)C)cc2)ccc1O. The van der Waals surface area contributed by atoms with Gasteiger partial charge in [-0.15, -0.1) is 0 Å². The Morgan fingerprint density at radius 2 is 1.91 bits per heavy atom. The molecular formula is C18H20N2O3. The molecule has 0 saturated carbocycles. The van der Waals surface area contributed by atoms with E-state index in [0.29, 0.717) is 22.8 Å². The average molecular weight is 312 g/mol. The molecule has 0 aliphatic carbocycles. The van der Waals surface area contributed by atoms with E-state index in [-0.39, 0.29) is 11.7 Å². The molecule has 5 heteroatoms. The number of carbonyl (C=O) groups is 1. The van der Waals surface area contributed by atoms with E-state index < -0.39 is 0 Å². The van der Waals surface area contributed by atoms with Gasteiger partial charge >= 0.3 is 0 Å². The Morgan fingerprint density at radius 1 is 1.22 bits per heavy atom. The van der Waals surface area contributed by atoms with E-state index in [2.05, 4.69) is 24.4 Å². The number of ether oxygens (including phenoxy) is 1. The van der Waals surface area contributed by atoms with Crippen molar-refractivity contribution in [2.24, 2.45) is 5.10 Å². The fourth-order valence-corrected chi connectivity index (χ4v) is 2.02. The quantitative estimate of drug-likeness (QED) is 0.657. The fraction of sp³-hybridized carbons (Fsp3) is 0.222. The van der Waals surface area contributed by atoms with Crippen LogP contribution in [0.5, 0.6) is 11.5 Å². The summed E-state index contributed by atoms with van der Waals surface area (Å²) in [5.41, 5.74) is 4.91. The third-order valence-corrected chi connectivity index (χ3v) is 3.42. The highest BCUT2D eigenvalue weighted by Crippen LogP contribution is 2.25. The number of amides is 1. The third kappa shape index (κ3) is 4.32. The minimum Gasteiger partial charge on any atom is -0.504 e. The Kier molecular flexibility index (Phi) is 5.36. The highest BCUT2D eigenvalue weighted by Gasteiger charge is 2.05. The largest absolute Gasteiger partial charge is 0.504 e. The smallest absolute Gasteiger partial charge is 0.271 e. The summed E-state index contributed by atoms with van der Waals surface area (Å²) in [6, 6.07) is 12.2. The Hall–Kier alpha value is -2.82. The molecule has 5 nitrogen and oxygen atoms in total. The van der Waals surface area contributed by atoms with Crippen molar-refractivity contribution in [3.05, 3.63) is 59.2 Å². The molecule has 0 aliphatic heterocycles. The molecule has 0 heterocycles. The zero-order valence-corrected chi connectivity index (χ0v) is 13.4. The van der Waals surface area contributed by atoms with Crippen LogP contribution in [-0.2, 0) is 0 Å². The van der Waals surface area contributed by atoms with E-state index in [0.717, 1.165) is 0 Å². The first-order valence-electron chi connectivity index (χ1n) is 7.31. The molecule has 0 unspecified atom stereocenters. The number of carbonyl (C=O) groups excluding carboxylic acids is 1. The first-order valence-corrected chi connectivity index (χ1v) is 7.31. The predicted octanol–water partition coefficient (Wildman–Crippen LogP) is 3.29. The van der Waals surface area contributed by atoms with E-state index in [9.17, 15) is 9.90 Å². The highest BCUT2D eigenvalue weighted by atomic mass is 16.5. The van der Waals surface area contributed by atoms with E-state index in [1.807, 2.05) is 12.1 Å². The molecule has 2 N–H and O–H groups in total. The Morgan fingerprint density at radius 3 is 2.52 bits per heavy atom. The molecule has 23 heavy (non-hydrogen) atoms. The summed E-state index contributed by atoms with van der Waals surface area (Å²) in [6.07, 6.45) is 1.49. The molecule has 0 saturated heterocycles. The van der Waals surface area contributed by atoms with Gasteiger partial charge in [0.1, 0.15) is 0 Å². The monoisotopic (exact) mass is 312 g/mol. The van der Waals surface area contributed by atoms with Crippen molar-refractivity contribution in [1.82, 2.24) is 5.43 Å². The minimum atomic E-state index is -0.276. The lowest BCUT2D eigenvalue weighted by Crippen LogP contribution is -2.17. The van der Waals surface area contributed by atoms with Crippen molar-refractivity contribution >= 4 is 12.1 Å². The maximum atomic E-state index is 12.0. The maximum Gasteiger partial charge on any atom is 0.271 e. The van der Waals surface area contributed by atoms with Gasteiger partial charge in [-0.3, -0.25) is 4.79 Å². The van der Waals surface area contributed by atoms with E-state index in [1.165, 1.54) is 25.0 Å². The van der Waals surface area contributed by atoms with Crippen LogP contribution in [0.1, 0.15) is 41.3 Å². The van der Waals surface area contributed by atoms with Crippen LogP contribution >= 0.6 is 0 Å². The number of nitrogens with one attached hydrogen (secondary N) is 1. The molecule has 1 amide bonds. The zero-order chi connectivity index (χ0) is 16.8. The molecule has 2 aromatic rings. The van der Waals surface area contributed by atoms with Crippen molar-refractivity contribution in [1.29, 1.82) is 0 Å². The molecule has 0 bridgehead atoms. The number of phenolic OH excluding ortho intramolecular Hbond substituents is 1. The zero-order valence-electron chi connectivity index (χ0n) is 13.4. The van der Waals surface area contributed by atoms with Crippen LogP contribution < -0.4 is 10.2 Å². The Labute approximate surface area is 135 Å². The normalized spacial score (nSPS) is 11.0. The summed E-state index contributed by atoms with van der Waals surface area (Å²) in [4.78, 5) is 12.0. The summed E-state index contributed by atoms with van der Waals surface area (Å²) in [5.74, 6) is 0.556. The molecule has 0 atom stereocenters. The van der Waals surface area contributed by atoms with Gasteiger partial charge in [0.15, 0.2) is 11.5 Å². The van der Waals surface area contributed by atoms with Gasteiger partial charge in [0.2, 0.25) is 0 Å². The van der Waals surface area contributed by atoms with Crippen LogP contribution in [0.4, 0.5) is 0 Å². The van der Waals surface area contributed by atoms with Crippen LogP contribution in [0.3, 0.4) is 0 Å². The first kappa shape index (κ1) is 16.5. The topological polar surface area (TPSA) is 70.9 Å². The lowest BCUT2D eigenvalue weighted by Gasteiger charge is -2.06. The van der Waals surface area contributed by atoms with Crippen molar-refractivity contribution < 1.29 is 14.6 Å². The van der Waals surface area contributed by atoms with E-state index >= 15 is 0 Å². The van der Waals surface area contributed by atoms with Crippen molar-refractivity contribution in [3.8, 4) is 11.5 Å².